The molecular formula is C12H20BrNS. The number of halogens is 1. The Labute approximate surface area is 105 Å². The Balaban J connectivity index is 2.33. The SMILES string of the molecule is CNCCC(C)CCc1sc(C)cc1Br. The lowest BCUT2D eigenvalue weighted by molar-refractivity contribution is 0.483. The smallest absolute Gasteiger partial charge is 0.0317 e. The van der Waals surface area contributed by atoms with Gasteiger partial charge in [0.05, 0.1) is 0 Å². The molecule has 0 amide bonds. The van der Waals surface area contributed by atoms with E-state index in [2.05, 4.69) is 41.2 Å². The quantitative estimate of drug-likeness (QED) is 0.835. The van der Waals surface area contributed by atoms with Crippen LogP contribution in [0.2, 0.25) is 0 Å². The first kappa shape index (κ1) is 13.2. The molecule has 0 aliphatic rings. The van der Waals surface area contributed by atoms with Gasteiger partial charge >= 0.3 is 0 Å². The van der Waals surface area contributed by atoms with Crippen LogP contribution in [0.5, 0.6) is 0 Å². The van der Waals surface area contributed by atoms with Crippen molar-refractivity contribution in [2.24, 2.45) is 5.92 Å². The van der Waals surface area contributed by atoms with Gasteiger partial charge in [-0.2, -0.15) is 0 Å². The molecule has 0 fully saturated rings. The van der Waals surface area contributed by atoms with E-state index in [1.165, 1.54) is 33.5 Å². The fraction of sp³-hybridized carbons (Fsp3) is 0.667. The second-order valence-electron chi connectivity index (χ2n) is 4.16. The van der Waals surface area contributed by atoms with E-state index in [0.717, 1.165) is 12.5 Å². The molecule has 1 heterocycles. The average Bonchev–Trinajstić information content (AvgIpc) is 2.51. The summed E-state index contributed by atoms with van der Waals surface area (Å²) in [5.74, 6) is 0.812. The number of nitrogens with one attached hydrogen (secondary N) is 1. The zero-order valence-electron chi connectivity index (χ0n) is 9.77. The van der Waals surface area contributed by atoms with E-state index in [1.54, 1.807) is 0 Å². The van der Waals surface area contributed by atoms with Crippen LogP contribution in [0.25, 0.3) is 0 Å². The molecular weight excluding hydrogens is 270 g/mol. The van der Waals surface area contributed by atoms with Crippen molar-refractivity contribution in [1.82, 2.24) is 5.32 Å². The standard InChI is InChI=1S/C12H20BrNS/c1-9(6-7-14-3)4-5-12-11(13)8-10(2)15-12/h8-9,14H,4-7H2,1-3H3. The second kappa shape index (κ2) is 6.66. The van der Waals surface area contributed by atoms with Gasteiger partial charge in [-0.15, -0.1) is 11.3 Å². The van der Waals surface area contributed by atoms with Crippen LogP contribution in [0, 0.1) is 12.8 Å². The van der Waals surface area contributed by atoms with Crippen molar-refractivity contribution in [3.8, 4) is 0 Å². The Morgan fingerprint density at radius 3 is 2.73 bits per heavy atom. The topological polar surface area (TPSA) is 12.0 Å². The van der Waals surface area contributed by atoms with Crippen molar-refractivity contribution >= 4 is 27.3 Å². The van der Waals surface area contributed by atoms with E-state index in [0.29, 0.717) is 0 Å². The van der Waals surface area contributed by atoms with Crippen molar-refractivity contribution in [3.63, 3.8) is 0 Å². The molecule has 86 valence electrons. The van der Waals surface area contributed by atoms with E-state index >= 15 is 0 Å². The zero-order chi connectivity index (χ0) is 11.3. The van der Waals surface area contributed by atoms with Gasteiger partial charge in [0.15, 0.2) is 0 Å². The van der Waals surface area contributed by atoms with Gasteiger partial charge in [0.2, 0.25) is 0 Å². The third kappa shape index (κ3) is 4.66. The van der Waals surface area contributed by atoms with Crippen LogP contribution < -0.4 is 5.32 Å². The van der Waals surface area contributed by atoms with Gasteiger partial charge in [-0.25, -0.2) is 0 Å². The summed E-state index contributed by atoms with van der Waals surface area (Å²) in [5.41, 5.74) is 0. The number of rotatable bonds is 6. The molecule has 1 atom stereocenters. The Morgan fingerprint density at radius 2 is 2.20 bits per heavy atom. The molecule has 1 unspecified atom stereocenters. The van der Waals surface area contributed by atoms with E-state index in [1.807, 2.05) is 18.4 Å². The molecule has 1 nitrogen and oxygen atoms in total. The summed E-state index contributed by atoms with van der Waals surface area (Å²) in [7, 11) is 2.02. The molecule has 15 heavy (non-hydrogen) atoms. The lowest BCUT2D eigenvalue weighted by Crippen LogP contribution is -2.11. The number of thiophene rings is 1. The summed E-state index contributed by atoms with van der Waals surface area (Å²) >= 11 is 5.54. The van der Waals surface area contributed by atoms with Gasteiger partial charge in [0, 0.05) is 14.2 Å². The Bertz CT molecular complexity index is 296. The molecule has 1 N–H and O–H groups in total. The van der Waals surface area contributed by atoms with E-state index in [9.17, 15) is 0 Å². The first-order chi connectivity index (χ1) is 7.13. The van der Waals surface area contributed by atoms with Crippen LogP contribution in [0.15, 0.2) is 10.5 Å². The summed E-state index contributed by atoms with van der Waals surface area (Å²) in [5, 5.41) is 3.21. The molecule has 1 aromatic rings. The highest BCUT2D eigenvalue weighted by molar-refractivity contribution is 9.10. The van der Waals surface area contributed by atoms with Crippen LogP contribution >= 0.6 is 27.3 Å². The minimum Gasteiger partial charge on any atom is -0.320 e. The van der Waals surface area contributed by atoms with Crippen LogP contribution in [-0.4, -0.2) is 13.6 Å². The van der Waals surface area contributed by atoms with Crippen molar-refractivity contribution in [2.75, 3.05) is 13.6 Å². The van der Waals surface area contributed by atoms with Crippen LogP contribution in [0.3, 0.4) is 0 Å². The first-order valence-electron chi connectivity index (χ1n) is 5.53. The molecule has 3 heteroatoms. The summed E-state index contributed by atoms with van der Waals surface area (Å²) in [4.78, 5) is 2.91. The maximum absolute atomic E-state index is 3.62. The third-order valence-corrected chi connectivity index (χ3v) is 4.71. The van der Waals surface area contributed by atoms with Gasteiger partial charge in [0.25, 0.3) is 0 Å². The minimum atomic E-state index is 0.812. The molecule has 0 aliphatic carbocycles. The molecule has 0 aliphatic heterocycles. The fourth-order valence-corrected chi connectivity index (χ4v) is 3.49. The van der Waals surface area contributed by atoms with Crippen LogP contribution in [0.4, 0.5) is 0 Å². The third-order valence-electron chi connectivity index (χ3n) is 2.63. The van der Waals surface area contributed by atoms with Gasteiger partial charge in [0.1, 0.15) is 0 Å². The number of hydrogen-bond donors (Lipinski definition) is 1. The lowest BCUT2D eigenvalue weighted by Gasteiger charge is -2.09. The fourth-order valence-electron chi connectivity index (χ4n) is 1.61. The molecule has 0 aromatic carbocycles. The number of hydrogen-bond acceptors (Lipinski definition) is 2. The lowest BCUT2D eigenvalue weighted by atomic mass is 10.0. The second-order valence-corrected chi connectivity index (χ2v) is 6.36. The van der Waals surface area contributed by atoms with Crippen LogP contribution in [0.1, 0.15) is 29.5 Å². The Kier molecular flexibility index (Phi) is 5.87. The van der Waals surface area contributed by atoms with Crippen molar-refractivity contribution in [2.45, 2.75) is 33.1 Å². The Hall–Kier alpha value is 0.140. The van der Waals surface area contributed by atoms with E-state index in [-0.39, 0.29) is 0 Å². The van der Waals surface area contributed by atoms with E-state index in [4.69, 9.17) is 0 Å². The maximum atomic E-state index is 3.62. The summed E-state index contributed by atoms with van der Waals surface area (Å²) in [6.45, 7) is 5.64. The normalized spacial score (nSPS) is 13.1. The number of aryl methyl sites for hydroxylation is 2. The summed E-state index contributed by atoms with van der Waals surface area (Å²) in [6, 6.07) is 2.22. The highest BCUT2D eigenvalue weighted by Crippen LogP contribution is 2.29. The van der Waals surface area contributed by atoms with Crippen molar-refractivity contribution < 1.29 is 0 Å². The molecule has 1 aromatic heterocycles. The molecule has 0 spiro atoms. The maximum Gasteiger partial charge on any atom is 0.0317 e. The zero-order valence-corrected chi connectivity index (χ0v) is 12.2. The summed E-state index contributed by atoms with van der Waals surface area (Å²) < 4.78 is 1.30. The largest absolute Gasteiger partial charge is 0.320 e. The minimum absolute atomic E-state index is 0.812. The van der Waals surface area contributed by atoms with Crippen molar-refractivity contribution in [3.05, 3.63) is 20.3 Å². The van der Waals surface area contributed by atoms with Gasteiger partial charge < -0.3 is 5.32 Å². The summed E-state index contributed by atoms with van der Waals surface area (Å²) in [6.07, 6.45) is 3.78. The Morgan fingerprint density at radius 1 is 1.47 bits per heavy atom. The van der Waals surface area contributed by atoms with Gasteiger partial charge in [-0.1, -0.05) is 6.92 Å². The highest BCUT2D eigenvalue weighted by Gasteiger charge is 2.07. The average molecular weight is 290 g/mol. The highest BCUT2D eigenvalue weighted by atomic mass is 79.9. The van der Waals surface area contributed by atoms with E-state index < -0.39 is 0 Å². The molecule has 0 bridgehead atoms. The van der Waals surface area contributed by atoms with Crippen LogP contribution in [-0.2, 0) is 6.42 Å². The molecule has 0 radical (unpaired) electrons. The van der Waals surface area contributed by atoms with Gasteiger partial charge in [-0.3, -0.25) is 0 Å². The predicted octanol–water partition coefficient (Wildman–Crippen LogP) is 4.00. The first-order valence-corrected chi connectivity index (χ1v) is 7.14. The van der Waals surface area contributed by atoms with Crippen molar-refractivity contribution in [1.29, 1.82) is 0 Å². The molecule has 0 saturated heterocycles. The van der Waals surface area contributed by atoms with Gasteiger partial charge in [-0.05, 0) is 67.7 Å². The predicted molar refractivity (Wildman–Crippen MR) is 72.8 cm³/mol. The molecule has 1 rings (SSSR count). The molecule has 0 saturated carbocycles. The monoisotopic (exact) mass is 289 g/mol.